The SMILES string of the molecule is CN(C)C.N#C/C=C/c1ccccc1. The number of hydrogen-bond donors (Lipinski definition) is 0. The Morgan fingerprint density at radius 2 is 1.64 bits per heavy atom. The van der Waals surface area contributed by atoms with Gasteiger partial charge in [0, 0.05) is 6.08 Å². The van der Waals surface area contributed by atoms with Crippen LogP contribution in [0.2, 0.25) is 0 Å². The van der Waals surface area contributed by atoms with Crippen LogP contribution in [0.4, 0.5) is 0 Å². The van der Waals surface area contributed by atoms with E-state index in [0.29, 0.717) is 0 Å². The van der Waals surface area contributed by atoms with E-state index in [1.54, 1.807) is 6.08 Å². The molecule has 0 aromatic heterocycles. The summed E-state index contributed by atoms with van der Waals surface area (Å²) in [7, 11) is 6.00. The van der Waals surface area contributed by atoms with Gasteiger partial charge in [0.2, 0.25) is 0 Å². The number of nitrogens with zero attached hydrogens (tertiary/aromatic N) is 2. The fourth-order valence-electron chi connectivity index (χ4n) is 0.698. The predicted molar refractivity (Wildman–Crippen MR) is 60.7 cm³/mol. The van der Waals surface area contributed by atoms with Gasteiger partial charge in [0.1, 0.15) is 0 Å². The maximum absolute atomic E-state index is 8.19. The first-order valence-electron chi connectivity index (χ1n) is 4.39. The fourth-order valence-corrected chi connectivity index (χ4v) is 0.698. The van der Waals surface area contributed by atoms with E-state index in [2.05, 4.69) is 0 Å². The topological polar surface area (TPSA) is 27.0 Å². The van der Waals surface area contributed by atoms with Crippen molar-refractivity contribution in [2.75, 3.05) is 21.1 Å². The second-order valence-corrected chi connectivity index (χ2v) is 3.21. The van der Waals surface area contributed by atoms with Crippen molar-refractivity contribution in [2.24, 2.45) is 0 Å². The van der Waals surface area contributed by atoms with Crippen molar-refractivity contribution in [1.82, 2.24) is 4.90 Å². The van der Waals surface area contributed by atoms with Crippen molar-refractivity contribution in [3.05, 3.63) is 42.0 Å². The van der Waals surface area contributed by atoms with Crippen LogP contribution in [0.15, 0.2) is 36.4 Å². The minimum absolute atomic E-state index is 1.06. The molecule has 0 bridgehead atoms. The summed E-state index contributed by atoms with van der Waals surface area (Å²) in [6.45, 7) is 0. The molecule has 1 aromatic carbocycles. The third-order valence-corrected chi connectivity index (χ3v) is 1.15. The van der Waals surface area contributed by atoms with E-state index in [4.69, 9.17) is 5.26 Å². The Morgan fingerprint density at radius 1 is 1.14 bits per heavy atom. The van der Waals surface area contributed by atoms with Crippen molar-refractivity contribution >= 4 is 6.08 Å². The first kappa shape index (κ1) is 12.4. The molecule has 1 aromatic rings. The summed E-state index contributed by atoms with van der Waals surface area (Å²) in [5.74, 6) is 0. The van der Waals surface area contributed by atoms with Crippen LogP contribution in [0.3, 0.4) is 0 Å². The summed E-state index contributed by atoms with van der Waals surface area (Å²) in [5.41, 5.74) is 1.06. The average Bonchev–Trinajstić information content (AvgIpc) is 2.15. The first-order chi connectivity index (χ1) is 6.66. The monoisotopic (exact) mass is 188 g/mol. The van der Waals surface area contributed by atoms with Gasteiger partial charge >= 0.3 is 0 Å². The van der Waals surface area contributed by atoms with Gasteiger partial charge in [0.15, 0.2) is 0 Å². The van der Waals surface area contributed by atoms with E-state index in [1.165, 1.54) is 6.08 Å². The van der Waals surface area contributed by atoms with Crippen LogP contribution in [0, 0.1) is 11.3 Å². The van der Waals surface area contributed by atoms with E-state index in [0.717, 1.165) is 5.56 Å². The van der Waals surface area contributed by atoms with Gasteiger partial charge in [-0.2, -0.15) is 5.26 Å². The predicted octanol–water partition coefficient (Wildman–Crippen LogP) is 2.40. The maximum Gasteiger partial charge on any atom is 0.0912 e. The summed E-state index contributed by atoms with van der Waals surface area (Å²) < 4.78 is 0. The van der Waals surface area contributed by atoms with Crippen LogP contribution in [-0.4, -0.2) is 26.0 Å². The van der Waals surface area contributed by atoms with Gasteiger partial charge in [-0.1, -0.05) is 30.3 Å². The molecule has 0 fully saturated rings. The van der Waals surface area contributed by atoms with E-state index < -0.39 is 0 Å². The zero-order chi connectivity index (χ0) is 10.8. The average molecular weight is 188 g/mol. The van der Waals surface area contributed by atoms with Gasteiger partial charge in [-0.25, -0.2) is 0 Å². The van der Waals surface area contributed by atoms with Crippen molar-refractivity contribution < 1.29 is 0 Å². The molecule has 0 amide bonds. The number of nitriles is 1. The minimum atomic E-state index is 1.06. The lowest BCUT2D eigenvalue weighted by atomic mass is 10.2. The smallest absolute Gasteiger partial charge is 0.0912 e. The highest BCUT2D eigenvalue weighted by molar-refractivity contribution is 5.51. The fraction of sp³-hybridized carbons (Fsp3) is 0.250. The molecular formula is C12H16N2. The lowest BCUT2D eigenvalue weighted by molar-refractivity contribution is 0.505. The highest BCUT2D eigenvalue weighted by Crippen LogP contribution is 1.99. The molecule has 2 nitrogen and oxygen atoms in total. The zero-order valence-corrected chi connectivity index (χ0v) is 8.94. The normalized spacial score (nSPS) is 9.36. The molecule has 0 saturated carbocycles. The van der Waals surface area contributed by atoms with E-state index >= 15 is 0 Å². The molecule has 74 valence electrons. The molecule has 0 aliphatic carbocycles. The number of rotatable bonds is 1. The first-order valence-corrected chi connectivity index (χ1v) is 4.39. The van der Waals surface area contributed by atoms with Crippen LogP contribution < -0.4 is 0 Å². The molecule has 0 radical (unpaired) electrons. The Morgan fingerprint density at radius 3 is 2.07 bits per heavy atom. The second kappa shape index (κ2) is 8.03. The molecular weight excluding hydrogens is 172 g/mol. The van der Waals surface area contributed by atoms with Gasteiger partial charge in [0.05, 0.1) is 6.07 Å². The van der Waals surface area contributed by atoms with Crippen molar-refractivity contribution in [2.45, 2.75) is 0 Å². The summed E-state index contributed by atoms with van der Waals surface area (Å²) >= 11 is 0. The molecule has 14 heavy (non-hydrogen) atoms. The molecule has 1 rings (SSSR count). The number of benzene rings is 1. The Kier molecular flexibility index (Phi) is 7.12. The Balaban J connectivity index is 0.000000364. The standard InChI is InChI=1S/C9H7N.C3H9N/c10-8-4-7-9-5-2-1-3-6-9;1-4(2)3/h1-7H;1-3H3/b7-4+;. The number of allylic oxidation sites excluding steroid dienone is 1. The van der Waals surface area contributed by atoms with Crippen molar-refractivity contribution in [1.29, 1.82) is 5.26 Å². The molecule has 2 heteroatoms. The third-order valence-electron chi connectivity index (χ3n) is 1.15. The van der Waals surface area contributed by atoms with Crippen molar-refractivity contribution in [3.8, 4) is 6.07 Å². The quantitative estimate of drug-likeness (QED) is 0.633. The van der Waals surface area contributed by atoms with Gasteiger partial charge in [-0.05, 0) is 32.8 Å². The Hall–Kier alpha value is -1.59. The zero-order valence-electron chi connectivity index (χ0n) is 8.94. The largest absolute Gasteiger partial charge is 0.312 e. The molecule has 0 spiro atoms. The molecule has 0 heterocycles. The van der Waals surface area contributed by atoms with Gasteiger partial charge in [-0.15, -0.1) is 0 Å². The van der Waals surface area contributed by atoms with Gasteiger partial charge in [0.25, 0.3) is 0 Å². The van der Waals surface area contributed by atoms with Crippen molar-refractivity contribution in [3.63, 3.8) is 0 Å². The minimum Gasteiger partial charge on any atom is -0.312 e. The molecule has 0 atom stereocenters. The summed E-state index contributed by atoms with van der Waals surface area (Å²) in [5, 5.41) is 8.19. The maximum atomic E-state index is 8.19. The second-order valence-electron chi connectivity index (χ2n) is 3.21. The third kappa shape index (κ3) is 8.51. The Labute approximate surface area is 86.1 Å². The molecule has 0 aliphatic rings. The lowest BCUT2D eigenvalue weighted by Crippen LogP contribution is -1.99. The van der Waals surface area contributed by atoms with E-state index in [-0.39, 0.29) is 0 Å². The molecule has 0 aliphatic heterocycles. The van der Waals surface area contributed by atoms with Gasteiger partial charge in [-0.3, -0.25) is 0 Å². The molecule has 0 saturated heterocycles. The number of hydrogen-bond acceptors (Lipinski definition) is 2. The summed E-state index contributed by atoms with van der Waals surface area (Å²) in [4.78, 5) is 2.00. The molecule has 0 N–H and O–H groups in total. The van der Waals surface area contributed by atoms with Crippen LogP contribution in [-0.2, 0) is 0 Å². The van der Waals surface area contributed by atoms with Crippen LogP contribution in [0.5, 0.6) is 0 Å². The highest BCUT2D eigenvalue weighted by Gasteiger charge is 1.79. The van der Waals surface area contributed by atoms with Crippen LogP contribution >= 0.6 is 0 Å². The van der Waals surface area contributed by atoms with Crippen LogP contribution in [0.25, 0.3) is 6.08 Å². The molecule has 0 unspecified atom stereocenters. The van der Waals surface area contributed by atoms with Gasteiger partial charge < -0.3 is 4.90 Å². The lowest BCUT2D eigenvalue weighted by Gasteiger charge is -1.90. The van der Waals surface area contributed by atoms with Crippen LogP contribution in [0.1, 0.15) is 5.56 Å². The highest BCUT2D eigenvalue weighted by atomic mass is 15.0. The Bertz CT molecular complexity index is 291. The summed E-state index contributed by atoms with van der Waals surface area (Å²) in [6.07, 6.45) is 3.25. The summed E-state index contributed by atoms with van der Waals surface area (Å²) in [6, 6.07) is 11.7. The van der Waals surface area contributed by atoms with E-state index in [9.17, 15) is 0 Å². The van der Waals surface area contributed by atoms with E-state index in [1.807, 2.05) is 62.4 Å².